The number of nitriles is 1. The van der Waals surface area contributed by atoms with Gasteiger partial charge in [0.1, 0.15) is 11.8 Å². The lowest BCUT2D eigenvalue weighted by molar-refractivity contribution is 0.0546. The number of likely N-dealkylation sites (tertiary alicyclic amines) is 1. The number of piperidine rings is 1. The van der Waals surface area contributed by atoms with Crippen molar-refractivity contribution in [2.75, 3.05) is 11.9 Å². The van der Waals surface area contributed by atoms with Crippen molar-refractivity contribution < 1.29 is 4.79 Å². The molecule has 1 amide bonds. The van der Waals surface area contributed by atoms with Crippen LogP contribution in [-0.2, 0) is 0 Å². The Hall–Kier alpha value is -2.10. The summed E-state index contributed by atoms with van der Waals surface area (Å²) in [6, 6.07) is 7.36. The van der Waals surface area contributed by atoms with E-state index in [9.17, 15) is 4.79 Å². The van der Waals surface area contributed by atoms with Crippen LogP contribution in [0.5, 0.6) is 0 Å². The molecule has 7 heteroatoms. The van der Waals surface area contributed by atoms with E-state index in [-0.39, 0.29) is 11.9 Å². The van der Waals surface area contributed by atoms with E-state index in [1.807, 2.05) is 11.0 Å². The van der Waals surface area contributed by atoms with Gasteiger partial charge in [-0.3, -0.25) is 4.79 Å². The maximum atomic E-state index is 12.7. The topological polar surface area (TPSA) is 69.0 Å². The molecule has 1 aromatic heterocycles. The molecule has 1 aliphatic heterocycles. The molecule has 3 rings (SSSR count). The quantitative estimate of drug-likeness (QED) is 0.847. The number of hydrogen-bond donors (Lipinski definition) is 1. The molecule has 0 saturated carbocycles. The highest BCUT2D eigenvalue weighted by Crippen LogP contribution is 2.28. The number of carbonyl (C=O) groups is 1. The number of hydrogen-bond acceptors (Lipinski definition) is 5. The number of amides is 1. The van der Waals surface area contributed by atoms with Gasteiger partial charge in [0, 0.05) is 23.7 Å². The Labute approximate surface area is 156 Å². The normalized spacial score (nSPS) is 20.2. The van der Waals surface area contributed by atoms with E-state index >= 15 is 0 Å². The number of nitrogens with zero attached hydrogens (tertiary/aromatic N) is 3. The molecule has 2 aromatic rings. The molecule has 130 valence electrons. The minimum Gasteiger partial charge on any atom is -0.334 e. The number of rotatable bonds is 3. The van der Waals surface area contributed by atoms with Crippen molar-refractivity contribution in [3.8, 4) is 6.07 Å². The summed E-state index contributed by atoms with van der Waals surface area (Å²) in [5.41, 5.74) is 1.63. The number of halogens is 1. The molecule has 0 bridgehead atoms. The highest BCUT2D eigenvalue weighted by Gasteiger charge is 2.30. The van der Waals surface area contributed by atoms with Crippen LogP contribution >= 0.6 is 22.9 Å². The summed E-state index contributed by atoms with van der Waals surface area (Å²) in [6.07, 6.45) is 2.20. The third-order valence-electron chi connectivity index (χ3n) is 4.70. The van der Waals surface area contributed by atoms with Crippen LogP contribution in [-0.4, -0.2) is 28.4 Å². The minimum absolute atomic E-state index is 0.0128. The first-order valence-corrected chi connectivity index (χ1v) is 9.48. The van der Waals surface area contributed by atoms with Gasteiger partial charge in [-0.15, -0.1) is 11.3 Å². The summed E-state index contributed by atoms with van der Waals surface area (Å²) in [6.45, 7) is 5.08. The Morgan fingerprint density at radius 2 is 2.28 bits per heavy atom. The molecule has 1 aliphatic rings. The summed E-state index contributed by atoms with van der Waals surface area (Å²) < 4.78 is 0. The first-order chi connectivity index (χ1) is 12.0. The van der Waals surface area contributed by atoms with Gasteiger partial charge >= 0.3 is 0 Å². The highest BCUT2D eigenvalue weighted by molar-refractivity contribution is 7.14. The van der Waals surface area contributed by atoms with Crippen molar-refractivity contribution in [1.82, 2.24) is 9.88 Å². The van der Waals surface area contributed by atoms with Gasteiger partial charge in [-0.1, -0.05) is 18.5 Å². The lowest BCUT2D eigenvalue weighted by Gasteiger charge is -2.37. The van der Waals surface area contributed by atoms with Gasteiger partial charge in [-0.2, -0.15) is 5.26 Å². The standard InChI is InChI=1S/C18H19ClN4OS/c1-11-4-3-7-23(12(11)2)17(24)16-10-25-18(22-16)21-14-6-5-13(9-20)15(19)8-14/h5-6,8,10-12H,3-4,7H2,1-2H3,(H,21,22)/t11-,12-/m0/s1. The fourth-order valence-corrected chi connectivity index (χ4v) is 3.93. The maximum Gasteiger partial charge on any atom is 0.273 e. The second-order valence-corrected chi connectivity index (χ2v) is 7.59. The van der Waals surface area contributed by atoms with Gasteiger partial charge in [0.15, 0.2) is 5.13 Å². The zero-order chi connectivity index (χ0) is 18.0. The summed E-state index contributed by atoms with van der Waals surface area (Å²) in [7, 11) is 0. The molecule has 0 radical (unpaired) electrons. The van der Waals surface area contributed by atoms with Gasteiger partial charge < -0.3 is 10.2 Å². The summed E-state index contributed by atoms with van der Waals surface area (Å²) in [4.78, 5) is 19.1. The van der Waals surface area contributed by atoms with Gasteiger partial charge in [-0.25, -0.2) is 4.98 Å². The molecule has 1 aromatic carbocycles. The number of thiazole rings is 1. The van der Waals surface area contributed by atoms with Crippen molar-refractivity contribution in [3.63, 3.8) is 0 Å². The molecular formula is C18H19ClN4OS. The zero-order valence-corrected chi connectivity index (χ0v) is 15.7. The number of aromatic nitrogens is 1. The molecule has 1 fully saturated rings. The van der Waals surface area contributed by atoms with E-state index in [1.54, 1.807) is 23.6 Å². The van der Waals surface area contributed by atoms with Crippen molar-refractivity contribution >= 4 is 39.7 Å². The third kappa shape index (κ3) is 3.78. The van der Waals surface area contributed by atoms with Crippen LogP contribution in [0, 0.1) is 17.2 Å². The van der Waals surface area contributed by atoms with Crippen molar-refractivity contribution in [2.24, 2.45) is 5.92 Å². The fourth-order valence-electron chi connectivity index (χ4n) is 3.01. The van der Waals surface area contributed by atoms with E-state index in [4.69, 9.17) is 16.9 Å². The van der Waals surface area contributed by atoms with Crippen molar-refractivity contribution in [3.05, 3.63) is 39.9 Å². The number of anilines is 2. The zero-order valence-electron chi connectivity index (χ0n) is 14.1. The molecular weight excluding hydrogens is 356 g/mol. The molecule has 0 unspecified atom stereocenters. The Bertz CT molecular complexity index is 829. The third-order valence-corrected chi connectivity index (χ3v) is 5.77. The number of nitrogens with one attached hydrogen (secondary N) is 1. The van der Waals surface area contributed by atoms with Gasteiger partial charge in [-0.05, 0) is 43.9 Å². The van der Waals surface area contributed by atoms with E-state index in [0.717, 1.165) is 25.1 Å². The van der Waals surface area contributed by atoms with Crippen LogP contribution in [0.15, 0.2) is 23.6 Å². The molecule has 1 N–H and O–H groups in total. The Kier molecular flexibility index (Phi) is 5.26. The Morgan fingerprint density at radius 3 is 3.00 bits per heavy atom. The van der Waals surface area contributed by atoms with E-state index < -0.39 is 0 Å². The maximum absolute atomic E-state index is 12.7. The van der Waals surface area contributed by atoms with Crippen LogP contribution in [0.4, 0.5) is 10.8 Å². The second-order valence-electron chi connectivity index (χ2n) is 6.33. The monoisotopic (exact) mass is 374 g/mol. The minimum atomic E-state index is -0.0128. The van der Waals surface area contributed by atoms with Crippen LogP contribution in [0.3, 0.4) is 0 Å². The number of carbonyl (C=O) groups excluding carboxylic acids is 1. The van der Waals surface area contributed by atoms with Gasteiger partial charge in [0.25, 0.3) is 5.91 Å². The second kappa shape index (κ2) is 7.42. The Morgan fingerprint density at radius 1 is 1.48 bits per heavy atom. The molecule has 1 saturated heterocycles. The first-order valence-electron chi connectivity index (χ1n) is 8.22. The summed E-state index contributed by atoms with van der Waals surface area (Å²) in [5.74, 6) is 0.496. The largest absolute Gasteiger partial charge is 0.334 e. The van der Waals surface area contributed by atoms with Crippen LogP contribution in [0.2, 0.25) is 5.02 Å². The SMILES string of the molecule is C[C@H]1CCCN(C(=O)c2csc(Nc3ccc(C#N)c(Cl)c3)n2)[C@H]1C. The van der Waals surface area contributed by atoms with Gasteiger partial charge in [0.05, 0.1) is 10.6 Å². The molecule has 0 aliphatic carbocycles. The number of benzene rings is 1. The smallest absolute Gasteiger partial charge is 0.273 e. The molecule has 5 nitrogen and oxygen atoms in total. The van der Waals surface area contributed by atoms with Crippen molar-refractivity contribution in [1.29, 1.82) is 5.26 Å². The van der Waals surface area contributed by atoms with Crippen molar-refractivity contribution in [2.45, 2.75) is 32.7 Å². The van der Waals surface area contributed by atoms with Gasteiger partial charge in [0.2, 0.25) is 0 Å². The fraction of sp³-hybridized carbons (Fsp3) is 0.389. The van der Waals surface area contributed by atoms with E-state index in [2.05, 4.69) is 24.1 Å². The highest BCUT2D eigenvalue weighted by atomic mass is 35.5. The Balaban J connectivity index is 1.73. The molecule has 2 heterocycles. The van der Waals surface area contributed by atoms with E-state index in [0.29, 0.717) is 27.3 Å². The predicted octanol–water partition coefficient (Wildman–Crippen LogP) is 4.67. The average molecular weight is 375 g/mol. The molecule has 25 heavy (non-hydrogen) atoms. The average Bonchev–Trinajstić information content (AvgIpc) is 3.05. The summed E-state index contributed by atoms with van der Waals surface area (Å²) >= 11 is 7.42. The van der Waals surface area contributed by atoms with Crippen LogP contribution < -0.4 is 5.32 Å². The molecule has 2 atom stereocenters. The molecule has 0 spiro atoms. The first kappa shape index (κ1) is 17.7. The van der Waals surface area contributed by atoms with Crippen LogP contribution in [0.25, 0.3) is 0 Å². The lowest BCUT2D eigenvalue weighted by Crippen LogP contribution is -2.46. The van der Waals surface area contributed by atoms with E-state index in [1.165, 1.54) is 11.3 Å². The summed E-state index contributed by atoms with van der Waals surface area (Å²) in [5, 5.41) is 14.8. The predicted molar refractivity (Wildman–Crippen MR) is 100 cm³/mol. The van der Waals surface area contributed by atoms with Crippen LogP contribution in [0.1, 0.15) is 42.7 Å². The lowest BCUT2D eigenvalue weighted by atomic mass is 9.92.